The van der Waals surface area contributed by atoms with Crippen molar-refractivity contribution in [2.75, 3.05) is 5.32 Å². The summed E-state index contributed by atoms with van der Waals surface area (Å²) in [6.45, 7) is 0.277. The minimum Gasteiger partial charge on any atom is -0.476 e. The zero-order valence-corrected chi connectivity index (χ0v) is 9.25. The summed E-state index contributed by atoms with van der Waals surface area (Å²) < 4.78 is 4.99. The topological polar surface area (TPSA) is 99.2 Å². The Labute approximate surface area is 102 Å². The molecule has 2 aromatic rings. The van der Waals surface area contributed by atoms with Gasteiger partial charge in [0.15, 0.2) is 5.69 Å². The van der Waals surface area contributed by atoms with Crippen LogP contribution in [0.4, 0.5) is 5.69 Å². The van der Waals surface area contributed by atoms with Crippen LogP contribution in [0.5, 0.6) is 0 Å². The van der Waals surface area contributed by atoms with Gasteiger partial charge in [0.1, 0.15) is 6.26 Å². The molecular weight excluding hydrogens is 234 g/mol. The van der Waals surface area contributed by atoms with Crippen LogP contribution in [-0.4, -0.2) is 16.1 Å². The summed E-state index contributed by atoms with van der Waals surface area (Å²) in [6, 6.07) is 8.88. The maximum absolute atomic E-state index is 10.6. The molecule has 90 valence electrons. The van der Waals surface area contributed by atoms with Crippen LogP contribution in [0, 0.1) is 11.3 Å². The Morgan fingerprint density at radius 3 is 2.72 bits per heavy atom. The Hall–Kier alpha value is -2.81. The van der Waals surface area contributed by atoms with E-state index in [9.17, 15) is 4.79 Å². The zero-order valence-electron chi connectivity index (χ0n) is 9.25. The number of carbonyl (C=O) groups is 1. The van der Waals surface area contributed by atoms with Crippen molar-refractivity contribution < 1.29 is 14.3 Å². The molecule has 0 aliphatic carbocycles. The van der Waals surface area contributed by atoms with Gasteiger partial charge in [0.25, 0.3) is 0 Å². The van der Waals surface area contributed by atoms with E-state index in [-0.39, 0.29) is 18.1 Å². The second kappa shape index (κ2) is 5.01. The molecular formula is C12H9N3O3. The van der Waals surface area contributed by atoms with Crippen molar-refractivity contribution in [3.05, 3.63) is 47.7 Å². The lowest BCUT2D eigenvalue weighted by atomic mass is 10.2. The fourth-order valence-corrected chi connectivity index (χ4v) is 1.33. The number of nitrogens with zero attached hydrogens (tertiary/aromatic N) is 2. The highest BCUT2D eigenvalue weighted by molar-refractivity contribution is 5.84. The second-order valence-electron chi connectivity index (χ2n) is 3.47. The lowest BCUT2D eigenvalue weighted by molar-refractivity contribution is 0.0690. The normalized spacial score (nSPS) is 9.72. The SMILES string of the molecule is N#Cc1ccc(NCc2nc(C(=O)O)co2)cc1. The Bertz CT molecular complexity index is 596. The van der Waals surface area contributed by atoms with Crippen LogP contribution in [0.25, 0.3) is 0 Å². The number of rotatable bonds is 4. The highest BCUT2D eigenvalue weighted by Gasteiger charge is 2.09. The summed E-state index contributed by atoms with van der Waals surface area (Å²) in [5.74, 6) is -0.833. The van der Waals surface area contributed by atoms with Crippen LogP contribution in [0.1, 0.15) is 21.9 Å². The van der Waals surface area contributed by atoms with Crippen molar-refractivity contribution in [2.24, 2.45) is 0 Å². The smallest absolute Gasteiger partial charge is 0.357 e. The van der Waals surface area contributed by atoms with Crippen molar-refractivity contribution in [1.29, 1.82) is 5.26 Å². The average molecular weight is 243 g/mol. The van der Waals surface area contributed by atoms with Gasteiger partial charge in [0.05, 0.1) is 18.2 Å². The summed E-state index contributed by atoms with van der Waals surface area (Å²) in [6.07, 6.45) is 1.10. The van der Waals surface area contributed by atoms with E-state index in [0.29, 0.717) is 5.56 Å². The lowest BCUT2D eigenvalue weighted by Crippen LogP contribution is -2.01. The minimum absolute atomic E-state index is 0.119. The molecule has 0 spiro atoms. The van der Waals surface area contributed by atoms with Gasteiger partial charge in [0, 0.05) is 5.69 Å². The molecule has 6 heteroatoms. The Kier molecular flexibility index (Phi) is 3.25. The summed E-state index contributed by atoms with van der Waals surface area (Å²) in [7, 11) is 0. The van der Waals surface area contributed by atoms with Crippen LogP contribution in [0.2, 0.25) is 0 Å². The second-order valence-corrected chi connectivity index (χ2v) is 3.47. The van der Waals surface area contributed by atoms with Crippen molar-refractivity contribution in [1.82, 2.24) is 4.98 Å². The van der Waals surface area contributed by atoms with Gasteiger partial charge >= 0.3 is 5.97 Å². The number of hydrogen-bond donors (Lipinski definition) is 2. The lowest BCUT2D eigenvalue weighted by Gasteiger charge is -2.02. The summed E-state index contributed by atoms with van der Waals surface area (Å²) >= 11 is 0. The maximum atomic E-state index is 10.6. The molecule has 0 atom stereocenters. The van der Waals surface area contributed by atoms with Gasteiger partial charge in [-0.05, 0) is 24.3 Å². The highest BCUT2D eigenvalue weighted by Crippen LogP contribution is 2.10. The van der Waals surface area contributed by atoms with E-state index >= 15 is 0 Å². The Balaban J connectivity index is 1.98. The van der Waals surface area contributed by atoms with E-state index in [1.165, 1.54) is 0 Å². The third-order valence-corrected chi connectivity index (χ3v) is 2.23. The molecule has 2 N–H and O–H groups in total. The number of benzene rings is 1. The van der Waals surface area contributed by atoms with E-state index in [1.54, 1.807) is 24.3 Å². The fraction of sp³-hybridized carbons (Fsp3) is 0.0833. The molecule has 2 rings (SSSR count). The van der Waals surface area contributed by atoms with E-state index in [0.717, 1.165) is 12.0 Å². The van der Waals surface area contributed by atoms with Gasteiger partial charge in [-0.15, -0.1) is 0 Å². The minimum atomic E-state index is -1.12. The summed E-state index contributed by atoms with van der Waals surface area (Å²) in [5.41, 5.74) is 1.25. The maximum Gasteiger partial charge on any atom is 0.357 e. The fourth-order valence-electron chi connectivity index (χ4n) is 1.33. The van der Waals surface area contributed by atoms with Crippen molar-refractivity contribution >= 4 is 11.7 Å². The number of carboxylic acid groups (broad SMARTS) is 1. The van der Waals surface area contributed by atoms with Crippen LogP contribution in [0.15, 0.2) is 34.9 Å². The quantitative estimate of drug-likeness (QED) is 0.850. The van der Waals surface area contributed by atoms with Gasteiger partial charge < -0.3 is 14.8 Å². The van der Waals surface area contributed by atoms with Crippen LogP contribution in [-0.2, 0) is 6.54 Å². The van der Waals surface area contributed by atoms with E-state index in [1.807, 2.05) is 6.07 Å². The van der Waals surface area contributed by atoms with Crippen molar-refractivity contribution in [2.45, 2.75) is 6.54 Å². The third-order valence-electron chi connectivity index (χ3n) is 2.23. The van der Waals surface area contributed by atoms with Crippen molar-refractivity contribution in [3.8, 4) is 6.07 Å². The third kappa shape index (κ3) is 2.65. The molecule has 0 aliphatic heterocycles. The van der Waals surface area contributed by atoms with E-state index in [2.05, 4.69) is 10.3 Å². The monoisotopic (exact) mass is 243 g/mol. The van der Waals surface area contributed by atoms with Crippen LogP contribution >= 0.6 is 0 Å². The number of aromatic nitrogens is 1. The number of aromatic carboxylic acids is 1. The molecule has 1 aromatic heterocycles. The summed E-state index contributed by atoms with van der Waals surface area (Å²) in [4.78, 5) is 14.4. The highest BCUT2D eigenvalue weighted by atomic mass is 16.4. The first-order valence-corrected chi connectivity index (χ1v) is 5.11. The van der Waals surface area contributed by atoms with Gasteiger partial charge in [-0.1, -0.05) is 0 Å². The number of oxazole rings is 1. The molecule has 0 bridgehead atoms. The predicted octanol–water partition coefficient (Wildman–Crippen LogP) is 1.86. The molecule has 0 unspecified atom stereocenters. The first-order chi connectivity index (χ1) is 8.69. The molecule has 0 saturated carbocycles. The van der Waals surface area contributed by atoms with Gasteiger partial charge in [-0.3, -0.25) is 0 Å². The molecule has 0 amide bonds. The molecule has 6 nitrogen and oxygen atoms in total. The standard InChI is InChI=1S/C12H9N3O3/c13-5-8-1-3-9(4-2-8)14-6-11-15-10(7-18-11)12(16)17/h1-4,7,14H,6H2,(H,16,17). The molecule has 0 fully saturated rings. The zero-order chi connectivity index (χ0) is 13.0. The van der Waals surface area contributed by atoms with E-state index < -0.39 is 5.97 Å². The Morgan fingerprint density at radius 2 is 2.17 bits per heavy atom. The first-order valence-electron chi connectivity index (χ1n) is 5.11. The molecule has 0 radical (unpaired) electrons. The average Bonchev–Trinajstić information content (AvgIpc) is 2.86. The van der Waals surface area contributed by atoms with Crippen molar-refractivity contribution in [3.63, 3.8) is 0 Å². The number of nitriles is 1. The molecule has 18 heavy (non-hydrogen) atoms. The summed E-state index contributed by atoms with van der Waals surface area (Å²) in [5, 5.41) is 20.3. The van der Waals surface area contributed by atoms with Gasteiger partial charge in [0.2, 0.25) is 5.89 Å². The first kappa shape index (κ1) is 11.7. The van der Waals surface area contributed by atoms with Gasteiger partial charge in [-0.25, -0.2) is 9.78 Å². The molecule has 1 aromatic carbocycles. The Morgan fingerprint density at radius 1 is 1.44 bits per heavy atom. The molecule has 0 aliphatic rings. The number of carboxylic acids is 1. The van der Waals surface area contributed by atoms with E-state index in [4.69, 9.17) is 14.8 Å². The van der Waals surface area contributed by atoms with Crippen LogP contribution in [0.3, 0.4) is 0 Å². The molecule has 1 heterocycles. The molecule has 0 saturated heterocycles. The predicted molar refractivity (Wildman–Crippen MR) is 61.9 cm³/mol. The van der Waals surface area contributed by atoms with Gasteiger partial charge in [-0.2, -0.15) is 5.26 Å². The number of anilines is 1. The number of hydrogen-bond acceptors (Lipinski definition) is 5. The van der Waals surface area contributed by atoms with Crippen LogP contribution < -0.4 is 5.32 Å². The number of nitrogens with one attached hydrogen (secondary N) is 1. The largest absolute Gasteiger partial charge is 0.476 e.